The fraction of sp³-hybridized carbons (Fsp3) is 0.571. The molecule has 0 radical (unpaired) electrons. The van der Waals surface area contributed by atoms with Crippen LogP contribution in [0.15, 0.2) is 30.4 Å². The lowest BCUT2D eigenvalue weighted by molar-refractivity contribution is -0.142. The molecule has 0 aromatic carbocycles. The third kappa shape index (κ3) is 7.78. The molecule has 0 spiro atoms. The van der Waals surface area contributed by atoms with Crippen LogP contribution < -0.4 is 0 Å². The van der Waals surface area contributed by atoms with E-state index in [1.165, 1.54) is 0 Å². The third-order valence-corrected chi connectivity index (χ3v) is 4.69. The number of carbonyl (C=O) groups excluding carboxylic acids is 1. The number of amides is 1. The number of hydrogen-bond acceptors (Lipinski definition) is 5. The number of aryl methyl sites for hydroxylation is 1. The predicted octanol–water partition coefficient (Wildman–Crippen LogP) is 2.11. The van der Waals surface area contributed by atoms with Gasteiger partial charge in [0.2, 0.25) is 5.91 Å². The van der Waals surface area contributed by atoms with Gasteiger partial charge in [-0.05, 0) is 44.7 Å². The second-order valence-electron chi connectivity index (χ2n) is 7.13. The summed E-state index contributed by atoms with van der Waals surface area (Å²) >= 11 is 0. The zero-order valence-corrected chi connectivity index (χ0v) is 16.4. The highest BCUT2D eigenvalue weighted by molar-refractivity contribution is 5.77. The number of aromatic nitrogens is 1. The minimum absolute atomic E-state index is 0.0127. The Morgan fingerprint density at radius 3 is 3.00 bits per heavy atom. The summed E-state index contributed by atoms with van der Waals surface area (Å²) in [6.07, 6.45) is 7.23. The zero-order valence-electron chi connectivity index (χ0n) is 16.4. The van der Waals surface area contributed by atoms with Gasteiger partial charge in [0.05, 0.1) is 12.1 Å². The van der Waals surface area contributed by atoms with Crippen molar-refractivity contribution in [2.24, 2.45) is 0 Å². The Morgan fingerprint density at radius 2 is 2.25 bits per heavy atom. The molecule has 0 aliphatic carbocycles. The quantitative estimate of drug-likeness (QED) is 0.443. The number of carboxylic acids is 1. The number of nitrogens with zero attached hydrogens (tertiary/aromatic N) is 2. The van der Waals surface area contributed by atoms with Crippen LogP contribution in [0.4, 0.5) is 0 Å². The maximum Gasteiger partial charge on any atom is 0.329 e. The van der Waals surface area contributed by atoms with Gasteiger partial charge in [0, 0.05) is 37.4 Å². The summed E-state index contributed by atoms with van der Waals surface area (Å²) < 4.78 is 5.03. The van der Waals surface area contributed by atoms with Crippen molar-refractivity contribution in [1.82, 2.24) is 9.88 Å². The van der Waals surface area contributed by atoms with Crippen LogP contribution in [0.25, 0.3) is 0 Å². The van der Waals surface area contributed by atoms with E-state index < -0.39 is 12.1 Å². The van der Waals surface area contributed by atoms with Crippen molar-refractivity contribution >= 4 is 11.9 Å². The number of aliphatic hydroxyl groups is 1. The van der Waals surface area contributed by atoms with E-state index in [-0.39, 0.29) is 18.6 Å². The van der Waals surface area contributed by atoms with E-state index in [0.717, 1.165) is 30.7 Å². The lowest BCUT2D eigenvalue weighted by Crippen LogP contribution is -2.43. The number of piperidine rings is 1. The van der Waals surface area contributed by atoms with E-state index in [9.17, 15) is 14.7 Å². The molecular formula is C21H30N2O5. The van der Waals surface area contributed by atoms with E-state index >= 15 is 0 Å². The molecule has 0 bridgehead atoms. The number of aliphatic carboxylic acids is 1. The van der Waals surface area contributed by atoms with Gasteiger partial charge in [-0.2, -0.15) is 0 Å². The van der Waals surface area contributed by atoms with Crippen molar-refractivity contribution in [3.8, 4) is 0 Å². The maximum absolute atomic E-state index is 12.3. The van der Waals surface area contributed by atoms with Gasteiger partial charge in [0.1, 0.15) is 6.61 Å². The van der Waals surface area contributed by atoms with E-state index in [2.05, 4.69) is 4.98 Å². The average molecular weight is 390 g/mol. The highest BCUT2D eigenvalue weighted by atomic mass is 16.5. The molecule has 2 N–H and O–H groups in total. The first-order chi connectivity index (χ1) is 13.5. The van der Waals surface area contributed by atoms with Crippen LogP contribution in [0.2, 0.25) is 0 Å². The Labute approximate surface area is 166 Å². The van der Waals surface area contributed by atoms with Gasteiger partial charge in [-0.3, -0.25) is 9.78 Å². The summed E-state index contributed by atoms with van der Waals surface area (Å²) in [6.45, 7) is 2.61. The molecule has 7 nitrogen and oxygen atoms in total. The summed E-state index contributed by atoms with van der Waals surface area (Å²) in [7, 11) is 0. The maximum atomic E-state index is 12.3. The normalized spacial score (nSPS) is 18.6. The molecule has 1 aliphatic rings. The number of unbranched alkanes of at least 4 members (excludes halogenated alkanes) is 1. The summed E-state index contributed by atoms with van der Waals surface area (Å²) in [4.78, 5) is 29.0. The van der Waals surface area contributed by atoms with Crippen molar-refractivity contribution < 1.29 is 24.5 Å². The molecule has 1 aromatic rings. The van der Waals surface area contributed by atoms with Crippen LogP contribution in [0, 0.1) is 6.92 Å². The lowest BCUT2D eigenvalue weighted by atomic mass is 9.99. The van der Waals surface area contributed by atoms with E-state index in [4.69, 9.17) is 9.84 Å². The zero-order chi connectivity index (χ0) is 20.4. The minimum atomic E-state index is -0.976. The SMILES string of the molecule is Cc1cccc(CC(O)C=C[C@H]2CCCC(=O)N2CCCCOCC(=O)O)n1. The monoisotopic (exact) mass is 390 g/mol. The molecule has 0 saturated carbocycles. The molecule has 1 amide bonds. The molecule has 154 valence electrons. The molecule has 1 fully saturated rings. The number of likely N-dealkylation sites (tertiary alicyclic amines) is 1. The Bertz CT molecular complexity index is 677. The van der Waals surface area contributed by atoms with Gasteiger partial charge in [-0.25, -0.2) is 4.79 Å². The van der Waals surface area contributed by atoms with Crippen molar-refractivity contribution in [3.63, 3.8) is 0 Å². The topological polar surface area (TPSA) is 100.0 Å². The summed E-state index contributed by atoms with van der Waals surface area (Å²) in [5, 5.41) is 18.8. The van der Waals surface area contributed by atoms with Crippen molar-refractivity contribution in [1.29, 1.82) is 0 Å². The van der Waals surface area contributed by atoms with Crippen LogP contribution in [0.3, 0.4) is 0 Å². The largest absolute Gasteiger partial charge is 0.480 e. The molecule has 1 saturated heterocycles. The molecular weight excluding hydrogens is 360 g/mol. The molecule has 28 heavy (non-hydrogen) atoms. The summed E-state index contributed by atoms with van der Waals surface area (Å²) in [5.74, 6) is -0.849. The van der Waals surface area contributed by atoms with Crippen LogP contribution in [-0.2, 0) is 20.7 Å². The predicted molar refractivity (Wildman–Crippen MR) is 105 cm³/mol. The number of ether oxygens (including phenoxy) is 1. The second-order valence-corrected chi connectivity index (χ2v) is 7.13. The fourth-order valence-corrected chi connectivity index (χ4v) is 3.34. The van der Waals surface area contributed by atoms with Crippen molar-refractivity contribution in [2.45, 2.75) is 57.6 Å². The Kier molecular flexibility index (Phi) is 9.10. The third-order valence-electron chi connectivity index (χ3n) is 4.69. The highest BCUT2D eigenvalue weighted by Crippen LogP contribution is 2.20. The first-order valence-corrected chi connectivity index (χ1v) is 9.83. The number of rotatable bonds is 11. The molecule has 2 atom stereocenters. The van der Waals surface area contributed by atoms with E-state index in [0.29, 0.717) is 32.4 Å². The number of aliphatic hydroxyl groups excluding tert-OH is 1. The number of carboxylic acid groups (broad SMARTS) is 1. The van der Waals surface area contributed by atoms with E-state index in [1.54, 1.807) is 6.08 Å². The van der Waals surface area contributed by atoms with Gasteiger partial charge in [0.15, 0.2) is 0 Å². The smallest absolute Gasteiger partial charge is 0.329 e. The van der Waals surface area contributed by atoms with Gasteiger partial charge in [-0.15, -0.1) is 0 Å². The molecule has 7 heteroatoms. The standard InChI is InChI=1S/C21H30N2O5/c1-16-6-4-7-17(22-16)14-19(24)11-10-18-8-5-9-20(25)23(18)12-2-3-13-28-15-21(26)27/h4,6-7,10-11,18-19,24H,2-3,5,8-9,12-15H2,1H3,(H,26,27)/t18-,19?/m1/s1. The van der Waals surface area contributed by atoms with Gasteiger partial charge < -0.3 is 19.8 Å². The van der Waals surface area contributed by atoms with Gasteiger partial charge in [0.25, 0.3) is 0 Å². The number of carbonyl (C=O) groups is 2. The average Bonchev–Trinajstić information content (AvgIpc) is 2.64. The van der Waals surface area contributed by atoms with Crippen LogP contribution in [-0.4, -0.2) is 63.9 Å². The highest BCUT2D eigenvalue weighted by Gasteiger charge is 2.25. The van der Waals surface area contributed by atoms with E-state index in [1.807, 2.05) is 36.1 Å². The molecule has 1 unspecified atom stereocenters. The lowest BCUT2D eigenvalue weighted by Gasteiger charge is -2.34. The number of hydrogen-bond donors (Lipinski definition) is 2. The van der Waals surface area contributed by atoms with Gasteiger partial charge in [-0.1, -0.05) is 18.2 Å². The molecule has 1 aliphatic heterocycles. The Balaban J connectivity index is 1.82. The minimum Gasteiger partial charge on any atom is -0.480 e. The molecule has 1 aromatic heterocycles. The fourth-order valence-electron chi connectivity index (χ4n) is 3.34. The summed E-state index contributed by atoms with van der Waals surface area (Å²) in [6, 6.07) is 5.73. The number of pyridine rings is 1. The van der Waals surface area contributed by atoms with Crippen LogP contribution in [0.1, 0.15) is 43.5 Å². The first-order valence-electron chi connectivity index (χ1n) is 9.83. The second kappa shape index (κ2) is 11.6. The van der Waals surface area contributed by atoms with Crippen LogP contribution in [0.5, 0.6) is 0 Å². The molecule has 2 rings (SSSR count). The van der Waals surface area contributed by atoms with Crippen molar-refractivity contribution in [3.05, 3.63) is 41.7 Å². The van der Waals surface area contributed by atoms with Crippen LogP contribution >= 0.6 is 0 Å². The first kappa shape index (κ1) is 22.0. The molecule has 2 heterocycles. The van der Waals surface area contributed by atoms with Crippen molar-refractivity contribution in [2.75, 3.05) is 19.8 Å². The summed E-state index contributed by atoms with van der Waals surface area (Å²) in [5.41, 5.74) is 1.76. The van der Waals surface area contributed by atoms with Gasteiger partial charge >= 0.3 is 5.97 Å². The Hall–Kier alpha value is -2.25. The Morgan fingerprint density at radius 1 is 1.43 bits per heavy atom.